The van der Waals surface area contributed by atoms with Crippen molar-refractivity contribution in [1.29, 1.82) is 0 Å². The third kappa shape index (κ3) is 6.22. The standard InChI is InChI=1S/C25H26N2O5S2/c1-33-21-10-4-17(5-11-21)15-22-24(29)27(25(30)34-22)13-12-26-23(28)18-6-8-19(9-7-18)32-16-20-3-2-14-31-20/h4-11,15,20H,2-3,12-14,16H2,1H3,(H,26,28)/b22-15-. The molecule has 178 valence electrons. The summed E-state index contributed by atoms with van der Waals surface area (Å²) in [5, 5.41) is 2.43. The first kappa shape index (κ1) is 24.4. The van der Waals surface area contributed by atoms with Crippen LogP contribution in [-0.4, -0.2) is 60.6 Å². The Kier molecular flexibility index (Phi) is 8.31. The highest BCUT2D eigenvalue weighted by Gasteiger charge is 2.34. The van der Waals surface area contributed by atoms with Gasteiger partial charge in [-0.15, -0.1) is 11.8 Å². The number of nitrogens with one attached hydrogen (secondary N) is 1. The number of imide groups is 1. The van der Waals surface area contributed by atoms with Gasteiger partial charge >= 0.3 is 0 Å². The SMILES string of the molecule is CSc1ccc(/C=C2\SC(=O)N(CCNC(=O)c3ccc(OCC4CCCO4)cc3)C2=O)cc1. The first-order valence-electron chi connectivity index (χ1n) is 11.1. The minimum atomic E-state index is -0.342. The molecule has 2 saturated heterocycles. The summed E-state index contributed by atoms with van der Waals surface area (Å²) in [6, 6.07) is 14.6. The van der Waals surface area contributed by atoms with Crippen LogP contribution < -0.4 is 10.1 Å². The fourth-order valence-corrected chi connectivity index (χ4v) is 4.87. The molecule has 2 aliphatic rings. The van der Waals surface area contributed by atoms with Crippen LogP contribution >= 0.6 is 23.5 Å². The Hall–Kier alpha value is -2.75. The van der Waals surface area contributed by atoms with Crippen molar-refractivity contribution < 1.29 is 23.9 Å². The fraction of sp³-hybridized carbons (Fsp3) is 0.320. The van der Waals surface area contributed by atoms with E-state index < -0.39 is 0 Å². The lowest BCUT2D eigenvalue weighted by Gasteiger charge is -2.13. The topological polar surface area (TPSA) is 84.9 Å². The summed E-state index contributed by atoms with van der Waals surface area (Å²) in [7, 11) is 0. The van der Waals surface area contributed by atoms with E-state index in [4.69, 9.17) is 9.47 Å². The van der Waals surface area contributed by atoms with E-state index in [1.165, 1.54) is 0 Å². The monoisotopic (exact) mass is 498 g/mol. The van der Waals surface area contributed by atoms with Crippen LogP contribution in [0.4, 0.5) is 4.79 Å². The maximum Gasteiger partial charge on any atom is 0.293 e. The molecule has 7 nitrogen and oxygen atoms in total. The van der Waals surface area contributed by atoms with Crippen molar-refractivity contribution in [2.24, 2.45) is 0 Å². The molecule has 2 aromatic carbocycles. The Morgan fingerprint density at radius 2 is 1.97 bits per heavy atom. The predicted molar refractivity (Wildman–Crippen MR) is 134 cm³/mol. The first-order valence-corrected chi connectivity index (χ1v) is 13.1. The van der Waals surface area contributed by atoms with Crippen molar-refractivity contribution in [3.63, 3.8) is 0 Å². The molecular formula is C25H26N2O5S2. The summed E-state index contributed by atoms with van der Waals surface area (Å²) >= 11 is 2.55. The molecule has 0 spiro atoms. The molecular weight excluding hydrogens is 472 g/mol. The highest BCUT2D eigenvalue weighted by Crippen LogP contribution is 2.32. The number of ether oxygens (including phenoxy) is 2. The molecule has 2 heterocycles. The number of benzene rings is 2. The fourth-order valence-electron chi connectivity index (χ4n) is 3.60. The average Bonchev–Trinajstić information content (AvgIpc) is 3.47. The van der Waals surface area contributed by atoms with Gasteiger partial charge in [0.25, 0.3) is 17.1 Å². The van der Waals surface area contributed by atoms with Gasteiger partial charge in [-0.2, -0.15) is 0 Å². The Labute approximate surface area is 207 Å². The lowest BCUT2D eigenvalue weighted by molar-refractivity contribution is -0.122. The second-order valence-corrected chi connectivity index (χ2v) is 9.71. The Morgan fingerprint density at radius 3 is 2.65 bits per heavy atom. The number of nitrogens with zero attached hydrogens (tertiary/aromatic N) is 1. The van der Waals surface area contributed by atoms with Gasteiger partial charge in [0.15, 0.2) is 0 Å². The summed E-state index contributed by atoms with van der Waals surface area (Å²) < 4.78 is 11.3. The quantitative estimate of drug-likeness (QED) is 0.404. The van der Waals surface area contributed by atoms with Crippen LogP contribution in [0, 0.1) is 0 Å². The lowest BCUT2D eigenvalue weighted by Crippen LogP contribution is -2.37. The van der Waals surface area contributed by atoms with Gasteiger partial charge in [-0.1, -0.05) is 12.1 Å². The normalized spacial score (nSPS) is 19.1. The minimum Gasteiger partial charge on any atom is -0.491 e. The van der Waals surface area contributed by atoms with Gasteiger partial charge in [-0.3, -0.25) is 19.3 Å². The predicted octanol–water partition coefficient (Wildman–Crippen LogP) is 4.43. The van der Waals surface area contributed by atoms with E-state index in [2.05, 4.69) is 5.32 Å². The summed E-state index contributed by atoms with van der Waals surface area (Å²) in [5.41, 5.74) is 1.34. The average molecular weight is 499 g/mol. The van der Waals surface area contributed by atoms with Gasteiger partial charge in [0.1, 0.15) is 12.4 Å². The number of amides is 3. The largest absolute Gasteiger partial charge is 0.491 e. The summed E-state index contributed by atoms with van der Waals surface area (Å²) in [5.74, 6) is 0.0627. The van der Waals surface area contributed by atoms with Gasteiger partial charge in [0, 0.05) is 30.2 Å². The van der Waals surface area contributed by atoms with Crippen molar-refractivity contribution >= 4 is 46.7 Å². The van der Waals surface area contributed by atoms with Crippen molar-refractivity contribution in [2.45, 2.75) is 23.8 Å². The molecule has 0 bridgehead atoms. The van der Waals surface area contributed by atoms with Gasteiger partial charge in [-0.25, -0.2) is 0 Å². The van der Waals surface area contributed by atoms with Gasteiger partial charge in [-0.05, 0) is 78.9 Å². The van der Waals surface area contributed by atoms with Crippen LogP contribution in [0.15, 0.2) is 58.3 Å². The molecule has 3 amide bonds. The van der Waals surface area contributed by atoms with Crippen LogP contribution in [-0.2, 0) is 9.53 Å². The summed E-state index contributed by atoms with van der Waals surface area (Å²) in [6.07, 6.45) is 5.91. The van der Waals surface area contributed by atoms with E-state index in [1.807, 2.05) is 30.5 Å². The molecule has 0 aliphatic carbocycles. The molecule has 1 N–H and O–H groups in total. The molecule has 2 aromatic rings. The highest BCUT2D eigenvalue weighted by molar-refractivity contribution is 8.18. The Balaban J connectivity index is 1.25. The molecule has 0 saturated carbocycles. The molecule has 0 aromatic heterocycles. The van der Waals surface area contributed by atoms with E-state index in [0.29, 0.717) is 22.8 Å². The van der Waals surface area contributed by atoms with Gasteiger partial charge < -0.3 is 14.8 Å². The van der Waals surface area contributed by atoms with E-state index in [1.54, 1.807) is 42.1 Å². The molecule has 0 radical (unpaired) electrons. The molecule has 34 heavy (non-hydrogen) atoms. The number of hydrogen-bond donors (Lipinski definition) is 1. The van der Waals surface area contributed by atoms with Crippen molar-refractivity contribution in [3.8, 4) is 5.75 Å². The second kappa shape index (κ2) is 11.6. The Bertz CT molecular complexity index is 1060. The number of rotatable bonds is 9. The number of carbonyl (C=O) groups excluding carboxylic acids is 3. The molecule has 1 atom stereocenters. The summed E-state index contributed by atoms with van der Waals surface area (Å²) in [4.78, 5) is 40.1. The third-order valence-electron chi connectivity index (χ3n) is 5.48. The van der Waals surface area contributed by atoms with Crippen molar-refractivity contribution in [2.75, 3.05) is 32.6 Å². The zero-order valence-electron chi connectivity index (χ0n) is 18.8. The lowest BCUT2D eigenvalue weighted by atomic mass is 10.2. The molecule has 1 unspecified atom stereocenters. The highest BCUT2D eigenvalue weighted by atomic mass is 32.2. The molecule has 2 fully saturated rings. The van der Waals surface area contributed by atoms with E-state index in [0.717, 1.165) is 46.6 Å². The number of carbonyl (C=O) groups is 3. The maximum absolute atomic E-state index is 12.7. The summed E-state index contributed by atoms with van der Waals surface area (Å²) in [6.45, 7) is 1.57. The smallest absolute Gasteiger partial charge is 0.293 e. The van der Waals surface area contributed by atoms with Crippen LogP contribution in [0.5, 0.6) is 5.75 Å². The van der Waals surface area contributed by atoms with E-state index >= 15 is 0 Å². The van der Waals surface area contributed by atoms with Gasteiger partial charge in [0.05, 0.1) is 11.0 Å². The second-order valence-electron chi connectivity index (χ2n) is 7.83. The van der Waals surface area contributed by atoms with E-state index in [-0.39, 0.29) is 36.2 Å². The zero-order chi connectivity index (χ0) is 23.9. The molecule has 2 aliphatic heterocycles. The van der Waals surface area contributed by atoms with Gasteiger partial charge in [0.2, 0.25) is 0 Å². The number of hydrogen-bond acceptors (Lipinski definition) is 7. The van der Waals surface area contributed by atoms with Crippen molar-refractivity contribution in [1.82, 2.24) is 10.2 Å². The number of thioether (sulfide) groups is 2. The van der Waals surface area contributed by atoms with Crippen LogP contribution in [0.25, 0.3) is 6.08 Å². The van der Waals surface area contributed by atoms with Crippen LogP contribution in [0.2, 0.25) is 0 Å². The van der Waals surface area contributed by atoms with E-state index in [9.17, 15) is 14.4 Å². The zero-order valence-corrected chi connectivity index (χ0v) is 20.5. The maximum atomic E-state index is 12.7. The molecule has 4 rings (SSSR count). The Morgan fingerprint density at radius 1 is 1.21 bits per heavy atom. The minimum absolute atomic E-state index is 0.113. The van der Waals surface area contributed by atoms with Crippen LogP contribution in [0.3, 0.4) is 0 Å². The van der Waals surface area contributed by atoms with Crippen molar-refractivity contribution in [3.05, 3.63) is 64.6 Å². The first-order chi connectivity index (χ1) is 16.5. The molecule has 9 heteroatoms. The van der Waals surface area contributed by atoms with Crippen LogP contribution in [0.1, 0.15) is 28.8 Å². The third-order valence-corrected chi connectivity index (χ3v) is 7.14.